The van der Waals surface area contributed by atoms with Crippen LogP contribution in [0.25, 0.3) is 0 Å². The average molecular weight is 219 g/mol. The predicted molar refractivity (Wildman–Crippen MR) is 62.3 cm³/mol. The smallest absolute Gasteiger partial charge is 0.0608 e. The van der Waals surface area contributed by atoms with Gasteiger partial charge in [0.1, 0.15) is 0 Å². The Bertz CT molecular complexity index is 385. The van der Waals surface area contributed by atoms with Gasteiger partial charge in [0.15, 0.2) is 0 Å². The Labute approximate surface area is 92.9 Å². The van der Waals surface area contributed by atoms with Crippen LogP contribution in [0.1, 0.15) is 16.6 Å². The number of aromatic nitrogens is 1. The number of hydrogen-bond acceptors (Lipinski definition) is 4. The normalized spacial score (nSPS) is 12.6. The Balaban J connectivity index is 2.10. The van der Waals surface area contributed by atoms with Crippen molar-refractivity contribution >= 4 is 11.3 Å². The highest BCUT2D eigenvalue weighted by Gasteiger charge is 2.11. The highest BCUT2D eigenvalue weighted by atomic mass is 32.1. The highest BCUT2D eigenvalue weighted by Crippen LogP contribution is 2.21. The lowest BCUT2D eigenvalue weighted by atomic mass is 10.1. The van der Waals surface area contributed by atoms with Crippen molar-refractivity contribution < 1.29 is 0 Å². The minimum absolute atomic E-state index is 0.153. The van der Waals surface area contributed by atoms with E-state index in [1.165, 1.54) is 4.88 Å². The second-order valence-corrected chi connectivity index (χ2v) is 4.24. The summed E-state index contributed by atoms with van der Waals surface area (Å²) in [6.45, 7) is 0. The second kappa shape index (κ2) is 5.02. The molecule has 0 aliphatic heterocycles. The SMILES string of the molecule is NNC(Cc1ccccn1)c1cccs1. The monoisotopic (exact) mass is 219 g/mol. The van der Waals surface area contributed by atoms with Gasteiger partial charge in [-0.1, -0.05) is 12.1 Å². The summed E-state index contributed by atoms with van der Waals surface area (Å²) in [5.74, 6) is 5.54. The van der Waals surface area contributed by atoms with E-state index in [0.717, 1.165) is 12.1 Å². The Morgan fingerprint density at radius 3 is 2.87 bits per heavy atom. The molecule has 0 amide bonds. The fourth-order valence-electron chi connectivity index (χ4n) is 1.46. The minimum Gasteiger partial charge on any atom is -0.271 e. The molecule has 0 radical (unpaired) electrons. The van der Waals surface area contributed by atoms with Gasteiger partial charge in [-0.05, 0) is 23.6 Å². The van der Waals surface area contributed by atoms with Crippen LogP contribution in [-0.4, -0.2) is 4.98 Å². The van der Waals surface area contributed by atoms with Gasteiger partial charge in [0.25, 0.3) is 0 Å². The lowest BCUT2D eigenvalue weighted by molar-refractivity contribution is 0.554. The van der Waals surface area contributed by atoms with E-state index in [1.807, 2.05) is 24.3 Å². The van der Waals surface area contributed by atoms with E-state index in [0.29, 0.717) is 0 Å². The van der Waals surface area contributed by atoms with E-state index < -0.39 is 0 Å². The number of rotatable bonds is 4. The van der Waals surface area contributed by atoms with E-state index >= 15 is 0 Å². The summed E-state index contributed by atoms with van der Waals surface area (Å²) in [5.41, 5.74) is 3.87. The van der Waals surface area contributed by atoms with Crippen molar-refractivity contribution in [2.75, 3.05) is 0 Å². The van der Waals surface area contributed by atoms with Crippen LogP contribution in [-0.2, 0) is 6.42 Å². The van der Waals surface area contributed by atoms with Crippen LogP contribution in [0.2, 0.25) is 0 Å². The van der Waals surface area contributed by atoms with E-state index in [-0.39, 0.29) is 6.04 Å². The molecule has 2 aromatic heterocycles. The molecule has 78 valence electrons. The largest absolute Gasteiger partial charge is 0.271 e. The van der Waals surface area contributed by atoms with Crippen LogP contribution in [0.5, 0.6) is 0 Å². The number of nitrogens with one attached hydrogen (secondary N) is 1. The Morgan fingerprint density at radius 1 is 1.33 bits per heavy atom. The maximum Gasteiger partial charge on any atom is 0.0608 e. The van der Waals surface area contributed by atoms with Gasteiger partial charge >= 0.3 is 0 Å². The molecule has 0 bridgehead atoms. The summed E-state index contributed by atoms with van der Waals surface area (Å²) in [6, 6.07) is 10.2. The van der Waals surface area contributed by atoms with Crippen LogP contribution in [0, 0.1) is 0 Å². The number of hydrazine groups is 1. The lowest BCUT2D eigenvalue weighted by Gasteiger charge is -2.13. The van der Waals surface area contributed by atoms with Gasteiger partial charge in [0.2, 0.25) is 0 Å². The summed E-state index contributed by atoms with van der Waals surface area (Å²) in [6.07, 6.45) is 2.62. The van der Waals surface area contributed by atoms with Crippen LogP contribution in [0.4, 0.5) is 0 Å². The maximum atomic E-state index is 5.54. The number of hydrogen-bond donors (Lipinski definition) is 2. The summed E-state index contributed by atoms with van der Waals surface area (Å²) in [4.78, 5) is 5.52. The zero-order valence-corrected chi connectivity index (χ0v) is 9.08. The number of thiophene rings is 1. The lowest BCUT2D eigenvalue weighted by Crippen LogP contribution is -2.29. The third kappa shape index (κ3) is 2.62. The first-order valence-electron chi connectivity index (χ1n) is 4.79. The number of nitrogens with zero attached hydrogens (tertiary/aromatic N) is 1. The molecule has 1 unspecified atom stereocenters. The van der Waals surface area contributed by atoms with Gasteiger partial charge in [-0.3, -0.25) is 16.3 Å². The topological polar surface area (TPSA) is 50.9 Å². The van der Waals surface area contributed by atoms with E-state index in [1.54, 1.807) is 17.5 Å². The fourth-order valence-corrected chi connectivity index (χ4v) is 2.25. The summed E-state index contributed by atoms with van der Waals surface area (Å²) < 4.78 is 0. The first-order valence-corrected chi connectivity index (χ1v) is 5.67. The molecule has 3 N–H and O–H groups in total. The minimum atomic E-state index is 0.153. The van der Waals surface area contributed by atoms with E-state index in [9.17, 15) is 0 Å². The molecular weight excluding hydrogens is 206 g/mol. The molecule has 2 aromatic rings. The Kier molecular flexibility index (Phi) is 3.45. The summed E-state index contributed by atoms with van der Waals surface area (Å²) in [5, 5.41) is 2.05. The van der Waals surface area contributed by atoms with Gasteiger partial charge < -0.3 is 0 Å². The third-order valence-electron chi connectivity index (χ3n) is 2.23. The first-order chi connectivity index (χ1) is 7.40. The first kappa shape index (κ1) is 10.3. The molecule has 0 spiro atoms. The molecule has 1 atom stereocenters. The van der Waals surface area contributed by atoms with Crippen molar-refractivity contribution in [1.82, 2.24) is 10.4 Å². The summed E-state index contributed by atoms with van der Waals surface area (Å²) >= 11 is 1.70. The molecule has 0 aromatic carbocycles. The van der Waals surface area contributed by atoms with Gasteiger partial charge in [0.05, 0.1) is 6.04 Å². The quantitative estimate of drug-likeness (QED) is 0.610. The van der Waals surface area contributed by atoms with Gasteiger partial charge in [-0.15, -0.1) is 11.3 Å². The maximum absolute atomic E-state index is 5.54. The summed E-state index contributed by atoms with van der Waals surface area (Å²) in [7, 11) is 0. The van der Waals surface area contributed by atoms with Crippen molar-refractivity contribution in [3.8, 4) is 0 Å². The molecule has 0 saturated carbocycles. The Morgan fingerprint density at radius 2 is 2.27 bits per heavy atom. The second-order valence-electron chi connectivity index (χ2n) is 3.26. The van der Waals surface area contributed by atoms with Crippen LogP contribution < -0.4 is 11.3 Å². The predicted octanol–water partition coefficient (Wildman–Crippen LogP) is 1.89. The van der Waals surface area contributed by atoms with Gasteiger partial charge in [-0.25, -0.2) is 0 Å². The van der Waals surface area contributed by atoms with Crippen molar-refractivity contribution in [2.45, 2.75) is 12.5 Å². The van der Waals surface area contributed by atoms with E-state index in [4.69, 9.17) is 5.84 Å². The molecule has 0 saturated heterocycles. The van der Waals surface area contributed by atoms with E-state index in [2.05, 4.69) is 21.9 Å². The van der Waals surface area contributed by atoms with Crippen molar-refractivity contribution in [3.63, 3.8) is 0 Å². The van der Waals surface area contributed by atoms with Crippen molar-refractivity contribution in [1.29, 1.82) is 0 Å². The molecule has 0 fully saturated rings. The van der Waals surface area contributed by atoms with Crippen molar-refractivity contribution in [2.24, 2.45) is 5.84 Å². The molecule has 15 heavy (non-hydrogen) atoms. The Hall–Kier alpha value is -1.23. The zero-order chi connectivity index (χ0) is 10.5. The molecule has 0 aliphatic rings. The van der Waals surface area contributed by atoms with Crippen LogP contribution in [0.3, 0.4) is 0 Å². The number of nitrogens with two attached hydrogens (primary N) is 1. The molecule has 3 nitrogen and oxygen atoms in total. The van der Waals surface area contributed by atoms with Crippen LogP contribution >= 0.6 is 11.3 Å². The molecule has 0 aliphatic carbocycles. The van der Waals surface area contributed by atoms with Crippen molar-refractivity contribution in [3.05, 3.63) is 52.5 Å². The fraction of sp³-hybridized carbons (Fsp3) is 0.182. The molecular formula is C11H13N3S. The van der Waals surface area contributed by atoms with Gasteiger partial charge in [-0.2, -0.15) is 0 Å². The molecule has 4 heteroatoms. The highest BCUT2D eigenvalue weighted by molar-refractivity contribution is 7.10. The van der Waals surface area contributed by atoms with Crippen LogP contribution in [0.15, 0.2) is 41.9 Å². The van der Waals surface area contributed by atoms with Gasteiger partial charge in [0, 0.05) is 23.2 Å². The molecule has 2 heterocycles. The number of pyridine rings is 1. The third-order valence-corrected chi connectivity index (χ3v) is 3.21. The molecule has 2 rings (SSSR count). The average Bonchev–Trinajstić information content (AvgIpc) is 2.81. The standard InChI is InChI=1S/C11H13N3S/c12-14-10(11-5-3-7-15-11)8-9-4-1-2-6-13-9/h1-7,10,14H,8,12H2. The zero-order valence-electron chi connectivity index (χ0n) is 8.26.